The predicted octanol–water partition coefficient (Wildman–Crippen LogP) is 1.61. The molecule has 0 N–H and O–H groups in total. The van der Waals surface area contributed by atoms with Crippen LogP contribution in [0.1, 0.15) is 33.1 Å². The first kappa shape index (κ1) is 10.6. The molecule has 0 aromatic heterocycles. The van der Waals surface area contributed by atoms with E-state index in [1.165, 1.54) is 19.3 Å². The van der Waals surface area contributed by atoms with Gasteiger partial charge in [0.25, 0.3) is 0 Å². The molecule has 0 aliphatic carbocycles. The van der Waals surface area contributed by atoms with Gasteiger partial charge in [-0.15, -0.1) is 0 Å². The van der Waals surface area contributed by atoms with Crippen LogP contribution >= 0.6 is 0 Å². The van der Waals surface area contributed by atoms with Gasteiger partial charge in [-0.05, 0) is 26.9 Å². The first-order valence-electron chi connectivity index (χ1n) is 4.30. The minimum absolute atomic E-state index is 0.0492. The van der Waals surface area contributed by atoms with Gasteiger partial charge in [0.15, 0.2) is 0 Å². The molecule has 0 bridgehead atoms. The fourth-order valence-corrected chi connectivity index (χ4v) is 0.895. The zero-order valence-corrected chi connectivity index (χ0v) is 7.76. The summed E-state index contributed by atoms with van der Waals surface area (Å²) in [5, 5.41) is 0. The molecule has 0 saturated carbocycles. The zero-order valence-electron chi connectivity index (χ0n) is 7.76. The van der Waals surface area contributed by atoms with E-state index in [-0.39, 0.29) is 6.04 Å². The van der Waals surface area contributed by atoms with Gasteiger partial charge < -0.3 is 0 Å². The molecule has 1 atom stereocenters. The summed E-state index contributed by atoms with van der Waals surface area (Å²) in [5.41, 5.74) is 0. The van der Waals surface area contributed by atoms with E-state index in [0.717, 1.165) is 6.54 Å². The lowest BCUT2D eigenvalue weighted by Crippen LogP contribution is -2.30. The fraction of sp³-hybridized carbons (Fsp3) is 0.889. The van der Waals surface area contributed by atoms with Gasteiger partial charge in [0.1, 0.15) is 0 Å². The molecular weight excluding hydrogens is 138 g/mol. The average Bonchev–Trinajstić information content (AvgIpc) is 2.03. The summed E-state index contributed by atoms with van der Waals surface area (Å²) in [7, 11) is 1.96. The highest BCUT2D eigenvalue weighted by Crippen LogP contribution is 1.98. The van der Waals surface area contributed by atoms with Crippen molar-refractivity contribution in [3.63, 3.8) is 0 Å². The highest BCUT2D eigenvalue weighted by molar-refractivity contribution is 5.57. The molecule has 0 aliphatic rings. The first-order chi connectivity index (χ1) is 5.22. The zero-order chi connectivity index (χ0) is 8.69. The summed E-state index contributed by atoms with van der Waals surface area (Å²) in [5.74, 6) is 0. The monoisotopic (exact) mass is 156 g/mol. The van der Waals surface area contributed by atoms with Crippen molar-refractivity contribution in [1.29, 1.82) is 0 Å². The van der Waals surface area contributed by atoms with Gasteiger partial charge in [0, 0.05) is 0 Å². The van der Waals surface area contributed by atoms with Crippen LogP contribution in [0, 0.1) is 0 Å². The minimum Gasteiger partial charge on any atom is -0.296 e. The van der Waals surface area contributed by atoms with Gasteiger partial charge in [0.2, 0.25) is 6.29 Å². The Morgan fingerprint density at radius 1 is 1.45 bits per heavy atom. The average molecular weight is 156 g/mol. The molecule has 0 aromatic carbocycles. The Morgan fingerprint density at radius 3 is 2.55 bits per heavy atom. The molecule has 2 nitrogen and oxygen atoms in total. The van der Waals surface area contributed by atoms with Crippen molar-refractivity contribution in [2.24, 2.45) is 0 Å². The van der Waals surface area contributed by atoms with Crippen molar-refractivity contribution in [2.75, 3.05) is 13.6 Å². The number of unbranched alkanes of at least 4 members (excludes halogenated alkanes) is 2. The molecular formula is C9H18NO. The molecule has 2 heteroatoms. The highest BCUT2D eigenvalue weighted by Gasteiger charge is 2.06. The van der Waals surface area contributed by atoms with Crippen molar-refractivity contribution in [3.05, 3.63) is 0 Å². The standard InChI is InChI=1S/C9H18NO/c1-4-5-6-7-10(3)9(2)8-11/h9H,4-7H2,1-3H3/t9-/m1/s1. The van der Waals surface area contributed by atoms with Gasteiger partial charge in [-0.1, -0.05) is 19.8 Å². The number of rotatable bonds is 6. The summed E-state index contributed by atoms with van der Waals surface area (Å²) < 4.78 is 0. The maximum Gasteiger partial charge on any atom is 0.216 e. The van der Waals surface area contributed by atoms with Crippen LogP contribution in [-0.4, -0.2) is 30.8 Å². The Morgan fingerprint density at radius 2 is 2.09 bits per heavy atom. The van der Waals surface area contributed by atoms with E-state index in [9.17, 15) is 4.79 Å². The highest BCUT2D eigenvalue weighted by atomic mass is 16.1. The lowest BCUT2D eigenvalue weighted by molar-refractivity contribution is 0.296. The summed E-state index contributed by atoms with van der Waals surface area (Å²) in [6.45, 7) is 5.05. The molecule has 0 fully saturated rings. The molecule has 0 spiro atoms. The van der Waals surface area contributed by atoms with Crippen LogP contribution in [-0.2, 0) is 4.79 Å². The largest absolute Gasteiger partial charge is 0.296 e. The Labute approximate surface area is 69.6 Å². The Balaban J connectivity index is 3.35. The van der Waals surface area contributed by atoms with Crippen LogP contribution < -0.4 is 0 Å². The molecule has 65 valence electrons. The molecule has 0 aromatic rings. The van der Waals surface area contributed by atoms with Crippen LogP contribution in [0.3, 0.4) is 0 Å². The van der Waals surface area contributed by atoms with Gasteiger partial charge in [-0.3, -0.25) is 9.69 Å². The van der Waals surface area contributed by atoms with Crippen molar-refractivity contribution in [1.82, 2.24) is 4.90 Å². The van der Waals surface area contributed by atoms with E-state index in [4.69, 9.17) is 0 Å². The van der Waals surface area contributed by atoms with Crippen molar-refractivity contribution >= 4 is 6.29 Å². The van der Waals surface area contributed by atoms with Gasteiger partial charge in [-0.25, -0.2) is 0 Å². The lowest BCUT2D eigenvalue weighted by atomic mass is 10.2. The van der Waals surface area contributed by atoms with E-state index in [1.807, 2.05) is 25.2 Å². The number of likely N-dealkylation sites (N-methyl/N-ethyl adjacent to an activating group) is 1. The quantitative estimate of drug-likeness (QED) is 0.544. The SMILES string of the molecule is CCCCCN(C)[C@H](C)[C]=O. The van der Waals surface area contributed by atoms with E-state index < -0.39 is 0 Å². The number of hydrogen-bond acceptors (Lipinski definition) is 2. The van der Waals surface area contributed by atoms with Crippen molar-refractivity contribution in [2.45, 2.75) is 39.2 Å². The Kier molecular flexibility index (Phi) is 6.13. The third-order valence-electron chi connectivity index (χ3n) is 1.95. The van der Waals surface area contributed by atoms with Gasteiger partial charge in [0.05, 0.1) is 6.04 Å². The molecule has 0 amide bonds. The first-order valence-corrected chi connectivity index (χ1v) is 4.30. The molecule has 0 rings (SSSR count). The fourth-order valence-electron chi connectivity index (χ4n) is 0.895. The van der Waals surface area contributed by atoms with E-state index in [0.29, 0.717) is 0 Å². The van der Waals surface area contributed by atoms with Crippen LogP contribution in [0.15, 0.2) is 0 Å². The maximum atomic E-state index is 10.2. The van der Waals surface area contributed by atoms with Gasteiger partial charge in [-0.2, -0.15) is 0 Å². The van der Waals surface area contributed by atoms with E-state index in [2.05, 4.69) is 6.92 Å². The Bertz CT molecular complexity index is 104. The second kappa shape index (κ2) is 6.35. The molecule has 11 heavy (non-hydrogen) atoms. The van der Waals surface area contributed by atoms with Crippen LogP contribution in [0.4, 0.5) is 0 Å². The normalized spacial score (nSPS) is 13.5. The number of carbonyl (C=O) groups excluding carboxylic acids is 1. The van der Waals surface area contributed by atoms with Crippen molar-refractivity contribution < 1.29 is 4.79 Å². The van der Waals surface area contributed by atoms with E-state index in [1.54, 1.807) is 0 Å². The van der Waals surface area contributed by atoms with Crippen LogP contribution in [0.5, 0.6) is 0 Å². The number of nitrogens with zero attached hydrogens (tertiary/aromatic N) is 1. The van der Waals surface area contributed by atoms with Crippen LogP contribution in [0.25, 0.3) is 0 Å². The second-order valence-corrected chi connectivity index (χ2v) is 2.98. The maximum absolute atomic E-state index is 10.2. The third-order valence-corrected chi connectivity index (χ3v) is 1.95. The van der Waals surface area contributed by atoms with E-state index >= 15 is 0 Å². The summed E-state index contributed by atoms with van der Waals surface area (Å²) in [6, 6.07) is -0.0492. The topological polar surface area (TPSA) is 20.3 Å². The number of hydrogen-bond donors (Lipinski definition) is 0. The van der Waals surface area contributed by atoms with Crippen LogP contribution in [0.2, 0.25) is 0 Å². The minimum atomic E-state index is -0.0492. The van der Waals surface area contributed by atoms with Gasteiger partial charge >= 0.3 is 0 Å². The molecule has 0 aliphatic heterocycles. The third kappa shape index (κ3) is 4.96. The molecule has 0 saturated heterocycles. The molecule has 0 heterocycles. The molecule has 1 radical (unpaired) electrons. The Hall–Kier alpha value is -0.370. The summed E-state index contributed by atoms with van der Waals surface area (Å²) in [6.07, 6.45) is 5.62. The lowest BCUT2D eigenvalue weighted by Gasteiger charge is -2.18. The summed E-state index contributed by atoms with van der Waals surface area (Å²) in [4.78, 5) is 12.2. The second-order valence-electron chi connectivity index (χ2n) is 2.98. The summed E-state index contributed by atoms with van der Waals surface area (Å²) >= 11 is 0. The predicted molar refractivity (Wildman–Crippen MR) is 47.3 cm³/mol. The smallest absolute Gasteiger partial charge is 0.216 e. The van der Waals surface area contributed by atoms with Crippen molar-refractivity contribution in [3.8, 4) is 0 Å². The molecule has 0 unspecified atom stereocenters.